The number of pyridine rings is 1. The summed E-state index contributed by atoms with van der Waals surface area (Å²) in [5.41, 5.74) is 4.66. The van der Waals surface area contributed by atoms with E-state index in [0.717, 1.165) is 29.1 Å². The average molecular weight is 397 g/mol. The second-order valence-corrected chi connectivity index (χ2v) is 7.83. The van der Waals surface area contributed by atoms with Gasteiger partial charge in [-0.2, -0.15) is 0 Å². The zero-order valence-electron chi connectivity index (χ0n) is 16.4. The van der Waals surface area contributed by atoms with Crippen molar-refractivity contribution in [2.24, 2.45) is 0 Å². The van der Waals surface area contributed by atoms with Crippen LogP contribution in [0.25, 0.3) is 0 Å². The Morgan fingerprint density at radius 2 is 2.17 bits per heavy atom. The van der Waals surface area contributed by atoms with Gasteiger partial charge in [-0.3, -0.25) is 4.79 Å². The Labute approximate surface area is 169 Å². The van der Waals surface area contributed by atoms with E-state index >= 15 is 4.39 Å². The summed E-state index contributed by atoms with van der Waals surface area (Å²) in [5, 5.41) is 2.80. The number of carbonyl (C=O) groups excluding carboxylic acids is 1. The molecule has 152 valence electrons. The molecule has 3 aliphatic heterocycles. The summed E-state index contributed by atoms with van der Waals surface area (Å²) in [4.78, 5) is 18.6. The number of nitrogens with one attached hydrogen (secondary N) is 1. The van der Waals surface area contributed by atoms with Crippen LogP contribution in [0.3, 0.4) is 0 Å². The minimum atomic E-state index is -1.12. The second kappa shape index (κ2) is 7.30. The molecule has 0 bridgehead atoms. The smallest absolute Gasteiger partial charge is 0.253 e. The van der Waals surface area contributed by atoms with Crippen molar-refractivity contribution in [3.05, 3.63) is 52.2 Å². The van der Waals surface area contributed by atoms with Crippen LogP contribution >= 0.6 is 0 Å². The molecule has 3 aliphatic rings. The number of alkyl halides is 1. The van der Waals surface area contributed by atoms with Gasteiger partial charge in [0, 0.05) is 13.0 Å². The number of ether oxygens (including phenoxy) is 2. The summed E-state index contributed by atoms with van der Waals surface area (Å²) in [6.45, 7) is 4.59. The number of anilines is 1. The molecule has 0 spiro atoms. The molecule has 6 nitrogen and oxygen atoms in total. The lowest BCUT2D eigenvalue weighted by Gasteiger charge is -2.36. The van der Waals surface area contributed by atoms with Crippen molar-refractivity contribution in [3.8, 4) is 5.75 Å². The number of rotatable bonds is 4. The van der Waals surface area contributed by atoms with Gasteiger partial charge in [0.05, 0.1) is 37.6 Å². The van der Waals surface area contributed by atoms with Crippen LogP contribution in [-0.4, -0.2) is 36.3 Å². The van der Waals surface area contributed by atoms with Gasteiger partial charge in [0.15, 0.2) is 6.17 Å². The summed E-state index contributed by atoms with van der Waals surface area (Å²) < 4.78 is 26.5. The van der Waals surface area contributed by atoms with E-state index in [1.54, 1.807) is 0 Å². The van der Waals surface area contributed by atoms with Crippen molar-refractivity contribution in [1.82, 2.24) is 10.3 Å². The first kappa shape index (κ1) is 18.4. The van der Waals surface area contributed by atoms with Crippen LogP contribution in [0, 0.1) is 0 Å². The molecule has 0 saturated carbocycles. The molecule has 1 amide bonds. The quantitative estimate of drug-likeness (QED) is 0.860. The number of halogens is 1. The number of amides is 1. The highest BCUT2D eigenvalue weighted by atomic mass is 19.1. The third kappa shape index (κ3) is 3.33. The van der Waals surface area contributed by atoms with Gasteiger partial charge >= 0.3 is 0 Å². The van der Waals surface area contributed by atoms with Crippen molar-refractivity contribution in [1.29, 1.82) is 0 Å². The van der Waals surface area contributed by atoms with E-state index in [-0.39, 0.29) is 12.5 Å². The van der Waals surface area contributed by atoms with Crippen molar-refractivity contribution in [2.45, 2.75) is 51.8 Å². The lowest BCUT2D eigenvalue weighted by molar-refractivity contribution is 0.0817. The minimum absolute atomic E-state index is 0.0797. The predicted molar refractivity (Wildman–Crippen MR) is 106 cm³/mol. The van der Waals surface area contributed by atoms with Gasteiger partial charge in [0.25, 0.3) is 5.91 Å². The van der Waals surface area contributed by atoms with Gasteiger partial charge in [-0.1, -0.05) is 13.0 Å². The van der Waals surface area contributed by atoms with E-state index < -0.39 is 12.3 Å². The Kier molecular flexibility index (Phi) is 4.62. The normalized spacial score (nSPS) is 23.0. The van der Waals surface area contributed by atoms with E-state index in [2.05, 4.69) is 5.32 Å². The van der Waals surface area contributed by atoms with Gasteiger partial charge in [0.2, 0.25) is 0 Å². The van der Waals surface area contributed by atoms with Crippen LogP contribution in [0.5, 0.6) is 5.75 Å². The summed E-state index contributed by atoms with van der Waals surface area (Å²) in [7, 11) is 0. The van der Waals surface area contributed by atoms with Crippen LogP contribution in [0.4, 0.5) is 10.2 Å². The summed E-state index contributed by atoms with van der Waals surface area (Å²) >= 11 is 0. The fourth-order valence-corrected chi connectivity index (χ4v) is 4.31. The molecule has 7 heteroatoms. The third-order valence-electron chi connectivity index (χ3n) is 5.96. The predicted octanol–water partition coefficient (Wildman–Crippen LogP) is 2.91. The molecule has 4 heterocycles. The zero-order valence-corrected chi connectivity index (χ0v) is 16.4. The molecule has 1 saturated heterocycles. The molecule has 1 N–H and O–H groups in total. The maximum atomic E-state index is 15.0. The van der Waals surface area contributed by atoms with Crippen molar-refractivity contribution >= 4 is 11.7 Å². The Bertz CT molecular complexity index is 965. The van der Waals surface area contributed by atoms with E-state index in [1.165, 1.54) is 5.56 Å². The fraction of sp³-hybridized carbons (Fsp3) is 0.455. The fourth-order valence-electron chi connectivity index (χ4n) is 4.31. The highest BCUT2D eigenvalue weighted by Gasteiger charge is 2.33. The van der Waals surface area contributed by atoms with Gasteiger partial charge < -0.3 is 19.7 Å². The molecule has 1 aromatic heterocycles. The number of hydrogen-bond acceptors (Lipinski definition) is 5. The Morgan fingerprint density at radius 3 is 3.00 bits per heavy atom. The van der Waals surface area contributed by atoms with Gasteiger partial charge in [-0.05, 0) is 41.3 Å². The zero-order chi connectivity index (χ0) is 20.0. The first-order valence-corrected chi connectivity index (χ1v) is 10.2. The van der Waals surface area contributed by atoms with Gasteiger partial charge in [-0.15, -0.1) is 0 Å². The summed E-state index contributed by atoms with van der Waals surface area (Å²) in [6.07, 6.45) is -0.274. The van der Waals surface area contributed by atoms with Crippen LogP contribution < -0.4 is 15.0 Å². The molecule has 2 atom stereocenters. The average Bonchev–Trinajstić information content (AvgIpc) is 3.34. The molecular formula is C22H24FN3O3. The highest BCUT2D eigenvalue weighted by Crippen LogP contribution is 2.30. The van der Waals surface area contributed by atoms with Gasteiger partial charge in [-0.25, -0.2) is 9.37 Å². The molecular weight excluding hydrogens is 373 g/mol. The highest BCUT2D eigenvalue weighted by molar-refractivity contribution is 5.98. The van der Waals surface area contributed by atoms with Crippen molar-refractivity contribution < 1.29 is 18.7 Å². The van der Waals surface area contributed by atoms with Crippen LogP contribution in [-0.2, 0) is 30.9 Å². The van der Waals surface area contributed by atoms with E-state index in [0.29, 0.717) is 44.0 Å². The van der Waals surface area contributed by atoms with Crippen molar-refractivity contribution in [3.63, 3.8) is 0 Å². The minimum Gasteiger partial charge on any atom is -0.487 e. The monoisotopic (exact) mass is 397 g/mol. The Hall–Kier alpha value is -2.67. The lowest BCUT2D eigenvalue weighted by Crippen LogP contribution is -2.47. The number of hydrogen-bond donors (Lipinski definition) is 1. The number of benzene rings is 1. The Balaban J connectivity index is 1.31. The van der Waals surface area contributed by atoms with Gasteiger partial charge in [0.1, 0.15) is 17.7 Å². The Morgan fingerprint density at radius 1 is 1.31 bits per heavy atom. The SMILES string of the molecule is CCc1cc2c(nc1N1CC[C@@H](Oc3ccc4c(c3)COC4)[C@@H](F)C1)CNC2=O. The molecule has 1 fully saturated rings. The van der Waals surface area contributed by atoms with Crippen LogP contribution in [0.1, 0.15) is 46.1 Å². The maximum absolute atomic E-state index is 15.0. The largest absolute Gasteiger partial charge is 0.487 e. The van der Waals surface area contributed by atoms with E-state index in [9.17, 15) is 4.79 Å². The summed E-state index contributed by atoms with van der Waals surface area (Å²) in [6, 6.07) is 7.76. The van der Waals surface area contributed by atoms with Crippen molar-refractivity contribution in [2.75, 3.05) is 18.0 Å². The number of carbonyl (C=O) groups is 1. The first-order valence-electron chi connectivity index (χ1n) is 10.2. The molecule has 2 aromatic rings. The van der Waals surface area contributed by atoms with Crippen LogP contribution in [0.2, 0.25) is 0 Å². The number of nitrogens with zero attached hydrogens (tertiary/aromatic N) is 2. The summed E-state index contributed by atoms with van der Waals surface area (Å²) in [5.74, 6) is 1.41. The standard InChI is InChI=1S/C22H24FN3O3/c1-2-13-8-17-19(9-24-22(17)27)25-21(13)26-6-5-20(18(23)10-26)29-16-4-3-14-11-28-12-15(14)7-16/h3-4,7-8,18,20H,2,5-6,9-12H2,1H3,(H,24,27)/t18-,20+/m0/s1. The number of fused-ring (bicyclic) bond motifs is 2. The molecule has 0 radical (unpaired) electrons. The number of aryl methyl sites for hydroxylation is 1. The van der Waals surface area contributed by atoms with E-state index in [1.807, 2.05) is 36.1 Å². The van der Waals surface area contributed by atoms with Crippen LogP contribution in [0.15, 0.2) is 24.3 Å². The molecule has 0 aliphatic carbocycles. The third-order valence-corrected chi connectivity index (χ3v) is 5.96. The first-order chi connectivity index (χ1) is 14.1. The topological polar surface area (TPSA) is 63.7 Å². The maximum Gasteiger partial charge on any atom is 0.253 e. The number of aromatic nitrogens is 1. The second-order valence-electron chi connectivity index (χ2n) is 7.83. The molecule has 5 rings (SSSR count). The number of piperidine rings is 1. The van der Waals surface area contributed by atoms with E-state index in [4.69, 9.17) is 14.5 Å². The molecule has 1 aromatic carbocycles. The lowest BCUT2D eigenvalue weighted by atomic mass is 10.0. The molecule has 29 heavy (non-hydrogen) atoms. The molecule has 0 unspecified atom stereocenters.